The van der Waals surface area contributed by atoms with Crippen molar-refractivity contribution in [2.45, 2.75) is 19.3 Å². The number of carbonyl (C=O) groups excluding carboxylic acids is 2. The quantitative estimate of drug-likeness (QED) is 0.546. The van der Waals surface area contributed by atoms with Crippen molar-refractivity contribution in [2.75, 3.05) is 47.5 Å². The molecule has 0 saturated carbocycles. The van der Waals surface area contributed by atoms with Crippen molar-refractivity contribution < 1.29 is 23.8 Å². The van der Waals surface area contributed by atoms with Gasteiger partial charge in [0.1, 0.15) is 0 Å². The third kappa shape index (κ3) is 6.51. The lowest BCUT2D eigenvalue weighted by molar-refractivity contribution is -0.137. The van der Waals surface area contributed by atoms with Gasteiger partial charge in [-0.15, -0.1) is 0 Å². The second-order valence-corrected chi connectivity index (χ2v) is 7.84. The van der Waals surface area contributed by atoms with Gasteiger partial charge in [0.25, 0.3) is 0 Å². The molecule has 0 unspecified atom stereocenters. The van der Waals surface area contributed by atoms with Crippen LogP contribution in [0.25, 0.3) is 6.08 Å². The molecule has 1 fully saturated rings. The minimum Gasteiger partial charge on any atom is -0.493 e. The number of carbonyl (C=O) groups is 2. The molecule has 1 aliphatic rings. The van der Waals surface area contributed by atoms with Crippen LogP contribution < -0.4 is 14.2 Å². The van der Waals surface area contributed by atoms with Crippen molar-refractivity contribution >= 4 is 17.9 Å². The molecule has 33 heavy (non-hydrogen) atoms. The van der Waals surface area contributed by atoms with Crippen LogP contribution in [0.2, 0.25) is 0 Å². The third-order valence-corrected chi connectivity index (χ3v) is 5.75. The zero-order chi connectivity index (χ0) is 23.6. The first-order chi connectivity index (χ1) is 16.0. The number of hydrogen-bond donors (Lipinski definition) is 0. The summed E-state index contributed by atoms with van der Waals surface area (Å²) >= 11 is 0. The molecule has 1 saturated heterocycles. The fourth-order valence-corrected chi connectivity index (χ4v) is 3.89. The van der Waals surface area contributed by atoms with Crippen molar-refractivity contribution in [1.82, 2.24) is 9.80 Å². The molecule has 1 aliphatic heterocycles. The lowest BCUT2D eigenvalue weighted by Crippen LogP contribution is -2.50. The number of piperazine rings is 1. The summed E-state index contributed by atoms with van der Waals surface area (Å²) in [6.45, 7) is 2.19. The molecule has 7 heteroatoms. The number of benzene rings is 2. The van der Waals surface area contributed by atoms with Crippen molar-refractivity contribution in [3.8, 4) is 17.2 Å². The Morgan fingerprint density at radius 1 is 0.879 bits per heavy atom. The van der Waals surface area contributed by atoms with Crippen molar-refractivity contribution in [2.24, 2.45) is 0 Å². The minimum atomic E-state index is -0.0834. The molecular formula is C26H32N2O5. The molecule has 0 spiro atoms. The van der Waals surface area contributed by atoms with Gasteiger partial charge in [-0.05, 0) is 42.2 Å². The van der Waals surface area contributed by atoms with Gasteiger partial charge in [0.15, 0.2) is 11.5 Å². The van der Waals surface area contributed by atoms with E-state index in [9.17, 15) is 9.59 Å². The number of ether oxygens (including phenoxy) is 3. The van der Waals surface area contributed by atoms with E-state index in [2.05, 4.69) is 12.1 Å². The highest BCUT2D eigenvalue weighted by Gasteiger charge is 2.22. The molecule has 2 aromatic rings. The number of aryl methyl sites for hydroxylation is 1. The Balaban J connectivity index is 1.49. The molecule has 0 atom stereocenters. The summed E-state index contributed by atoms with van der Waals surface area (Å²) in [5, 5.41) is 0. The molecule has 0 bridgehead atoms. The lowest BCUT2D eigenvalue weighted by atomic mass is 10.1. The van der Waals surface area contributed by atoms with Crippen molar-refractivity contribution in [3.05, 3.63) is 59.7 Å². The van der Waals surface area contributed by atoms with E-state index in [0.29, 0.717) is 49.8 Å². The van der Waals surface area contributed by atoms with Crippen LogP contribution >= 0.6 is 0 Å². The van der Waals surface area contributed by atoms with Gasteiger partial charge >= 0.3 is 0 Å². The number of amides is 2. The van der Waals surface area contributed by atoms with Crippen LogP contribution in [0, 0.1) is 0 Å². The average molecular weight is 453 g/mol. The summed E-state index contributed by atoms with van der Waals surface area (Å²) in [5.74, 6) is 1.64. The van der Waals surface area contributed by atoms with E-state index < -0.39 is 0 Å². The number of rotatable bonds is 9. The van der Waals surface area contributed by atoms with E-state index in [1.54, 1.807) is 44.4 Å². The third-order valence-electron chi connectivity index (χ3n) is 5.75. The van der Waals surface area contributed by atoms with Gasteiger partial charge in [-0.1, -0.05) is 30.3 Å². The summed E-state index contributed by atoms with van der Waals surface area (Å²) in [7, 11) is 4.66. The normalized spacial score (nSPS) is 13.8. The number of methoxy groups -OCH3 is 3. The highest BCUT2D eigenvalue weighted by molar-refractivity contribution is 5.92. The van der Waals surface area contributed by atoms with Crippen LogP contribution in [0.3, 0.4) is 0 Å². The lowest BCUT2D eigenvalue weighted by Gasteiger charge is -2.34. The standard InChI is InChI=1S/C26H32N2O5/c1-31-22-18-21(19-23(32-2)26(22)33-3)12-13-25(30)28-16-14-27(15-17-28)24(29)11-7-10-20-8-5-4-6-9-20/h4-6,8-9,12-13,18-19H,7,10-11,14-17H2,1-3H3/b13-12+. The predicted octanol–water partition coefficient (Wildman–Crippen LogP) is 3.42. The molecule has 0 aromatic heterocycles. The van der Waals surface area contributed by atoms with Crippen LogP contribution in [0.4, 0.5) is 0 Å². The molecule has 176 valence electrons. The smallest absolute Gasteiger partial charge is 0.246 e. The monoisotopic (exact) mass is 452 g/mol. The topological polar surface area (TPSA) is 68.3 Å². The highest BCUT2D eigenvalue weighted by atomic mass is 16.5. The Labute approximate surface area is 195 Å². The van der Waals surface area contributed by atoms with E-state index in [1.807, 2.05) is 23.1 Å². The molecule has 3 rings (SSSR count). The average Bonchev–Trinajstić information content (AvgIpc) is 2.87. The Kier molecular flexibility index (Phi) is 8.75. The van der Waals surface area contributed by atoms with Crippen LogP contribution in [-0.4, -0.2) is 69.1 Å². The van der Waals surface area contributed by atoms with E-state index in [-0.39, 0.29) is 11.8 Å². The molecule has 0 radical (unpaired) electrons. The van der Waals surface area contributed by atoms with Gasteiger partial charge in [-0.25, -0.2) is 0 Å². The first kappa shape index (κ1) is 24.2. The maximum Gasteiger partial charge on any atom is 0.246 e. The summed E-state index contributed by atoms with van der Waals surface area (Å²) < 4.78 is 16.0. The maximum atomic E-state index is 12.7. The zero-order valence-electron chi connectivity index (χ0n) is 19.6. The second-order valence-electron chi connectivity index (χ2n) is 7.84. The molecular weight excluding hydrogens is 420 g/mol. The maximum absolute atomic E-state index is 12.7. The summed E-state index contributed by atoms with van der Waals surface area (Å²) in [4.78, 5) is 28.8. The Morgan fingerprint density at radius 3 is 2.06 bits per heavy atom. The van der Waals surface area contributed by atoms with Crippen LogP contribution in [-0.2, 0) is 16.0 Å². The molecule has 0 N–H and O–H groups in total. The Bertz CT molecular complexity index is 941. The van der Waals surface area contributed by atoms with Crippen molar-refractivity contribution in [1.29, 1.82) is 0 Å². The van der Waals surface area contributed by atoms with Gasteiger partial charge in [-0.2, -0.15) is 0 Å². The van der Waals surface area contributed by atoms with Gasteiger partial charge in [0.2, 0.25) is 17.6 Å². The highest BCUT2D eigenvalue weighted by Crippen LogP contribution is 2.38. The van der Waals surface area contributed by atoms with E-state index in [1.165, 1.54) is 11.6 Å². The van der Waals surface area contributed by atoms with Crippen molar-refractivity contribution in [3.63, 3.8) is 0 Å². The second kappa shape index (κ2) is 11.9. The predicted molar refractivity (Wildman–Crippen MR) is 128 cm³/mol. The van der Waals surface area contributed by atoms with Gasteiger partial charge < -0.3 is 24.0 Å². The first-order valence-electron chi connectivity index (χ1n) is 11.1. The minimum absolute atomic E-state index is 0.0834. The molecule has 1 heterocycles. The zero-order valence-corrected chi connectivity index (χ0v) is 19.6. The summed E-state index contributed by atoms with van der Waals surface area (Å²) in [6, 6.07) is 13.8. The first-order valence-corrected chi connectivity index (χ1v) is 11.1. The summed E-state index contributed by atoms with van der Waals surface area (Å²) in [5.41, 5.74) is 2.02. The SMILES string of the molecule is COc1cc(/C=C/C(=O)N2CCN(C(=O)CCCc3ccccc3)CC2)cc(OC)c1OC. The Morgan fingerprint density at radius 2 is 1.48 bits per heavy atom. The molecule has 7 nitrogen and oxygen atoms in total. The van der Waals surface area contributed by atoms with Gasteiger partial charge in [0, 0.05) is 38.7 Å². The van der Waals surface area contributed by atoms with E-state index in [4.69, 9.17) is 14.2 Å². The molecule has 0 aliphatic carbocycles. The fraction of sp³-hybridized carbons (Fsp3) is 0.385. The van der Waals surface area contributed by atoms with Gasteiger partial charge in [-0.3, -0.25) is 9.59 Å². The van der Waals surface area contributed by atoms with Crippen LogP contribution in [0.15, 0.2) is 48.5 Å². The fourth-order valence-electron chi connectivity index (χ4n) is 3.89. The van der Waals surface area contributed by atoms with Crippen LogP contribution in [0.1, 0.15) is 24.0 Å². The number of hydrogen-bond acceptors (Lipinski definition) is 5. The summed E-state index contributed by atoms with van der Waals surface area (Å²) in [6.07, 6.45) is 5.53. The Hall–Kier alpha value is -3.48. The van der Waals surface area contributed by atoms with E-state index in [0.717, 1.165) is 18.4 Å². The number of nitrogens with zero attached hydrogens (tertiary/aromatic N) is 2. The molecule has 2 aromatic carbocycles. The van der Waals surface area contributed by atoms with E-state index >= 15 is 0 Å². The van der Waals surface area contributed by atoms with Crippen LogP contribution in [0.5, 0.6) is 17.2 Å². The molecule has 2 amide bonds. The van der Waals surface area contributed by atoms with Gasteiger partial charge in [0.05, 0.1) is 21.3 Å². The largest absolute Gasteiger partial charge is 0.493 e.